The number of hydrogen-bond acceptors (Lipinski definition) is 3. The van der Waals surface area contributed by atoms with Crippen molar-refractivity contribution < 1.29 is 9.53 Å². The summed E-state index contributed by atoms with van der Waals surface area (Å²) in [5.41, 5.74) is 6.65. The molecule has 1 aromatic heterocycles. The third kappa shape index (κ3) is 3.68. The fourth-order valence-corrected chi connectivity index (χ4v) is 2.90. The number of fused-ring (bicyclic) bond motifs is 1. The highest BCUT2D eigenvalue weighted by molar-refractivity contribution is 6.30. The first-order valence-corrected chi connectivity index (χ1v) is 7.41. The number of carbonyl (C=O) groups is 1. The number of aryl methyl sites for hydroxylation is 1. The van der Waals surface area contributed by atoms with Crippen LogP contribution in [0.15, 0.2) is 36.5 Å². The van der Waals surface area contributed by atoms with Gasteiger partial charge in [-0.25, -0.2) is 0 Å². The number of pyridine rings is 1. The van der Waals surface area contributed by atoms with E-state index in [-0.39, 0.29) is 29.6 Å². The lowest BCUT2D eigenvalue weighted by atomic mass is 10.0. The van der Waals surface area contributed by atoms with Crippen LogP contribution in [0.3, 0.4) is 0 Å². The van der Waals surface area contributed by atoms with Gasteiger partial charge >= 0.3 is 0 Å². The molecule has 3 N–H and O–H groups in total. The van der Waals surface area contributed by atoms with Crippen LogP contribution in [0.2, 0.25) is 5.02 Å². The quantitative estimate of drug-likeness (QED) is 0.888. The van der Waals surface area contributed by atoms with E-state index in [1.54, 1.807) is 10.8 Å². The van der Waals surface area contributed by atoms with E-state index >= 15 is 0 Å². The molecule has 1 atom stereocenters. The normalized spacial score (nSPS) is 16.0. The summed E-state index contributed by atoms with van der Waals surface area (Å²) in [5.74, 6) is 0.221. The molecule has 122 valence electrons. The molecule has 0 radical (unpaired) electrons. The van der Waals surface area contributed by atoms with Gasteiger partial charge in [-0.2, -0.15) is 0 Å². The maximum Gasteiger partial charge on any atom is 0.252 e. The summed E-state index contributed by atoms with van der Waals surface area (Å²) in [5, 5.41) is 8.46. The lowest BCUT2D eigenvalue weighted by molar-refractivity contribution is 0.0996. The number of carbonyl (C=O) groups excluding carboxylic acids is 1. The molecule has 1 aliphatic heterocycles. The fraction of sp³-hybridized carbons (Fsp3) is 0.250. The molecule has 23 heavy (non-hydrogen) atoms. The van der Waals surface area contributed by atoms with Crippen LogP contribution >= 0.6 is 24.0 Å². The molecular formula is C16H17Cl2N3O2. The van der Waals surface area contributed by atoms with Gasteiger partial charge in [0, 0.05) is 6.20 Å². The van der Waals surface area contributed by atoms with E-state index in [9.17, 15) is 4.79 Å². The maximum atomic E-state index is 11.4. The number of primary amides is 1. The first-order valence-electron chi connectivity index (χ1n) is 7.03. The van der Waals surface area contributed by atoms with E-state index in [4.69, 9.17) is 27.5 Å². The van der Waals surface area contributed by atoms with Gasteiger partial charge in [-0.1, -0.05) is 29.8 Å². The molecule has 2 aromatic rings. The monoisotopic (exact) mass is 353 g/mol. The number of amides is 1. The molecule has 1 amide bonds. The van der Waals surface area contributed by atoms with Crippen molar-refractivity contribution in [3.05, 3.63) is 58.2 Å². The second-order valence-electron chi connectivity index (χ2n) is 5.32. The van der Waals surface area contributed by atoms with Crippen LogP contribution in [0.25, 0.3) is 0 Å². The number of halogens is 2. The third-order valence-electron chi connectivity index (χ3n) is 3.77. The molecule has 1 aromatic carbocycles. The topological polar surface area (TPSA) is 81.1 Å². The number of nitrogens with one attached hydrogen (secondary N) is 1. The van der Waals surface area contributed by atoms with Gasteiger partial charge in [0.1, 0.15) is 17.3 Å². The lowest BCUT2D eigenvalue weighted by Gasteiger charge is -2.27. The van der Waals surface area contributed by atoms with E-state index in [1.165, 1.54) is 11.6 Å². The maximum absolute atomic E-state index is 11.4. The number of benzene rings is 1. The molecule has 0 saturated carbocycles. The van der Waals surface area contributed by atoms with Gasteiger partial charge in [0.15, 0.2) is 0 Å². The van der Waals surface area contributed by atoms with Crippen LogP contribution < -0.4 is 16.0 Å². The Morgan fingerprint density at radius 2 is 2.17 bits per heavy atom. The number of rotatable bonds is 3. The molecule has 0 spiro atoms. The molecule has 0 fully saturated rings. The number of nitrogens with two attached hydrogens (primary N) is 1. The molecule has 2 heterocycles. The van der Waals surface area contributed by atoms with E-state index in [2.05, 4.69) is 6.07 Å². The molecule has 1 aliphatic rings. The Labute approximate surface area is 144 Å². The van der Waals surface area contributed by atoms with Crippen LogP contribution in [0, 0.1) is 5.41 Å². The zero-order chi connectivity index (χ0) is 15.7. The molecule has 5 nitrogen and oxygen atoms in total. The Morgan fingerprint density at radius 3 is 2.91 bits per heavy atom. The molecule has 0 aliphatic carbocycles. The lowest BCUT2D eigenvalue weighted by Crippen LogP contribution is -2.35. The number of nitrogens with zero attached hydrogens (tertiary/aromatic N) is 1. The minimum absolute atomic E-state index is 0. The highest BCUT2D eigenvalue weighted by Gasteiger charge is 2.20. The summed E-state index contributed by atoms with van der Waals surface area (Å²) in [4.78, 5) is 11.4. The minimum atomic E-state index is -0.656. The highest BCUT2D eigenvalue weighted by atomic mass is 35.5. The van der Waals surface area contributed by atoms with Crippen LogP contribution in [-0.4, -0.2) is 16.6 Å². The first kappa shape index (κ1) is 17.4. The van der Waals surface area contributed by atoms with Gasteiger partial charge in [-0.05, 0) is 30.5 Å². The van der Waals surface area contributed by atoms with Crippen molar-refractivity contribution in [2.45, 2.75) is 25.5 Å². The minimum Gasteiger partial charge on any atom is -0.488 e. The number of ether oxygens (including phenoxy) is 1. The highest BCUT2D eigenvalue weighted by Crippen LogP contribution is 2.27. The third-order valence-corrected chi connectivity index (χ3v) is 3.98. The summed E-state index contributed by atoms with van der Waals surface area (Å²) < 4.78 is 7.58. The Bertz CT molecular complexity index is 789. The predicted molar refractivity (Wildman–Crippen MR) is 90.2 cm³/mol. The van der Waals surface area contributed by atoms with E-state index in [0.29, 0.717) is 11.6 Å². The second kappa shape index (κ2) is 7.06. The summed E-state index contributed by atoms with van der Waals surface area (Å²) in [6.45, 7) is 0.452. The van der Waals surface area contributed by atoms with Crippen molar-refractivity contribution >= 4 is 29.9 Å². The SMILES string of the molecule is Cl.N=c1c(C(N)=O)cc(Cl)cn1C[C@H]1CCc2ccccc2O1. The molecule has 3 rings (SSSR count). The molecular weight excluding hydrogens is 337 g/mol. The smallest absolute Gasteiger partial charge is 0.252 e. The average Bonchev–Trinajstić information content (AvgIpc) is 2.50. The fourth-order valence-electron chi connectivity index (χ4n) is 2.67. The van der Waals surface area contributed by atoms with Crippen molar-refractivity contribution in [1.29, 1.82) is 5.41 Å². The molecule has 0 bridgehead atoms. The predicted octanol–water partition coefficient (Wildman–Crippen LogP) is 2.54. The Morgan fingerprint density at radius 1 is 1.43 bits per heavy atom. The summed E-state index contributed by atoms with van der Waals surface area (Å²) in [7, 11) is 0. The van der Waals surface area contributed by atoms with Gasteiger partial charge in [-0.3, -0.25) is 10.2 Å². The van der Waals surface area contributed by atoms with Crippen molar-refractivity contribution in [3.63, 3.8) is 0 Å². The Kier molecular flexibility index (Phi) is 5.34. The van der Waals surface area contributed by atoms with Crippen molar-refractivity contribution in [2.24, 2.45) is 5.73 Å². The van der Waals surface area contributed by atoms with E-state index < -0.39 is 5.91 Å². The van der Waals surface area contributed by atoms with Crippen molar-refractivity contribution in [3.8, 4) is 5.75 Å². The Balaban J connectivity index is 0.00000192. The largest absolute Gasteiger partial charge is 0.488 e. The van der Waals surface area contributed by atoms with Gasteiger partial charge in [0.05, 0.1) is 17.1 Å². The average molecular weight is 354 g/mol. The molecule has 0 unspecified atom stereocenters. The first-order chi connectivity index (χ1) is 10.5. The number of para-hydroxylation sites is 1. The molecule has 7 heteroatoms. The van der Waals surface area contributed by atoms with Gasteiger partial charge < -0.3 is 15.0 Å². The van der Waals surface area contributed by atoms with E-state index in [1.807, 2.05) is 18.2 Å². The van der Waals surface area contributed by atoms with Crippen LogP contribution in [-0.2, 0) is 13.0 Å². The standard InChI is InChI=1S/C16H16ClN3O2.ClH/c17-11-7-13(16(19)21)15(18)20(8-11)9-12-6-5-10-3-1-2-4-14(10)22-12;/h1-4,7-8,12,18H,5-6,9H2,(H2,19,21);1H/t12-;/m1./s1. The van der Waals surface area contributed by atoms with Crippen molar-refractivity contribution in [2.75, 3.05) is 0 Å². The van der Waals surface area contributed by atoms with Gasteiger partial charge in [0.25, 0.3) is 5.91 Å². The number of aromatic nitrogens is 1. The van der Waals surface area contributed by atoms with Crippen molar-refractivity contribution in [1.82, 2.24) is 4.57 Å². The molecule has 0 saturated heterocycles. The Hall–Kier alpha value is -1.98. The van der Waals surface area contributed by atoms with Gasteiger partial charge in [-0.15, -0.1) is 12.4 Å². The van der Waals surface area contributed by atoms with E-state index in [0.717, 1.165) is 18.6 Å². The van der Waals surface area contributed by atoms with Crippen LogP contribution in [0.5, 0.6) is 5.75 Å². The summed E-state index contributed by atoms with van der Waals surface area (Å²) in [6.07, 6.45) is 3.34. The zero-order valence-corrected chi connectivity index (χ0v) is 13.9. The zero-order valence-electron chi connectivity index (χ0n) is 12.3. The van der Waals surface area contributed by atoms with Gasteiger partial charge in [0.2, 0.25) is 0 Å². The van der Waals surface area contributed by atoms with Crippen LogP contribution in [0.1, 0.15) is 22.3 Å². The number of hydrogen-bond donors (Lipinski definition) is 2. The van der Waals surface area contributed by atoms with Crippen LogP contribution in [0.4, 0.5) is 0 Å². The summed E-state index contributed by atoms with van der Waals surface area (Å²) in [6, 6.07) is 9.35. The summed E-state index contributed by atoms with van der Waals surface area (Å²) >= 11 is 6.01. The second-order valence-corrected chi connectivity index (χ2v) is 5.76.